The van der Waals surface area contributed by atoms with Crippen molar-refractivity contribution in [3.8, 4) is 0 Å². The SMILES string of the molecule is CC1C2CCCCCCCC(=O)CCCCCCC12. The van der Waals surface area contributed by atoms with E-state index < -0.39 is 0 Å². The van der Waals surface area contributed by atoms with Crippen LogP contribution in [0.1, 0.15) is 90.4 Å². The highest BCUT2D eigenvalue weighted by molar-refractivity contribution is 5.78. The second kappa shape index (κ2) is 8.07. The second-order valence-electron chi connectivity index (χ2n) is 6.98. The first-order chi connectivity index (χ1) is 9.29. The molecule has 0 bridgehead atoms. The third-order valence-electron chi connectivity index (χ3n) is 5.50. The van der Waals surface area contributed by atoms with Gasteiger partial charge in [-0.05, 0) is 43.4 Å². The zero-order chi connectivity index (χ0) is 13.5. The van der Waals surface area contributed by atoms with Gasteiger partial charge in [0, 0.05) is 12.8 Å². The van der Waals surface area contributed by atoms with Crippen LogP contribution in [0.3, 0.4) is 0 Å². The molecule has 0 amide bonds. The summed E-state index contributed by atoms with van der Waals surface area (Å²) in [5.74, 6) is 3.64. The Morgan fingerprint density at radius 2 is 1.11 bits per heavy atom. The largest absolute Gasteiger partial charge is 0.300 e. The van der Waals surface area contributed by atoms with Gasteiger partial charge in [-0.2, -0.15) is 0 Å². The van der Waals surface area contributed by atoms with Crippen LogP contribution in [-0.2, 0) is 4.79 Å². The average molecular weight is 264 g/mol. The minimum atomic E-state index is 0.517. The molecule has 2 aliphatic carbocycles. The standard InChI is InChI=1S/C18H32O/c1-15-17-13-9-4-2-3-7-11-16(19)12-8-5-6-10-14-18(15)17/h15,17-18H,2-14H2,1H3. The summed E-state index contributed by atoms with van der Waals surface area (Å²) >= 11 is 0. The van der Waals surface area contributed by atoms with Crippen molar-refractivity contribution in [2.24, 2.45) is 17.8 Å². The maximum atomic E-state index is 11.7. The summed E-state index contributed by atoms with van der Waals surface area (Å²) in [5.41, 5.74) is 0. The third-order valence-corrected chi connectivity index (χ3v) is 5.50. The average Bonchev–Trinajstić information content (AvgIpc) is 3.00. The van der Waals surface area contributed by atoms with Gasteiger partial charge < -0.3 is 0 Å². The molecular formula is C18H32O. The van der Waals surface area contributed by atoms with Gasteiger partial charge in [0.1, 0.15) is 5.78 Å². The number of fused-ring (bicyclic) bond motifs is 1. The molecule has 1 heteroatoms. The Labute approximate surface area is 119 Å². The van der Waals surface area contributed by atoms with Crippen LogP contribution in [0.2, 0.25) is 0 Å². The van der Waals surface area contributed by atoms with Crippen LogP contribution >= 0.6 is 0 Å². The van der Waals surface area contributed by atoms with Crippen LogP contribution in [0.25, 0.3) is 0 Å². The highest BCUT2D eigenvalue weighted by Gasteiger charge is 2.44. The lowest BCUT2D eigenvalue weighted by Crippen LogP contribution is -1.98. The number of rotatable bonds is 0. The quantitative estimate of drug-likeness (QED) is 0.563. The maximum Gasteiger partial charge on any atom is 0.132 e. The summed E-state index contributed by atoms with van der Waals surface area (Å²) in [5, 5.41) is 0. The van der Waals surface area contributed by atoms with E-state index in [9.17, 15) is 4.79 Å². The van der Waals surface area contributed by atoms with Crippen molar-refractivity contribution in [3.63, 3.8) is 0 Å². The Hall–Kier alpha value is -0.330. The molecule has 0 aliphatic heterocycles. The van der Waals surface area contributed by atoms with Crippen molar-refractivity contribution in [2.45, 2.75) is 90.4 Å². The molecule has 0 aromatic carbocycles. The first-order valence-electron chi connectivity index (χ1n) is 8.81. The fraction of sp³-hybridized carbons (Fsp3) is 0.944. The number of ketones is 1. The fourth-order valence-corrected chi connectivity index (χ4v) is 4.00. The normalized spacial score (nSPS) is 35.6. The van der Waals surface area contributed by atoms with Crippen LogP contribution in [0.15, 0.2) is 0 Å². The van der Waals surface area contributed by atoms with Crippen LogP contribution < -0.4 is 0 Å². The number of hydrogen-bond donors (Lipinski definition) is 0. The molecule has 0 radical (unpaired) electrons. The zero-order valence-electron chi connectivity index (χ0n) is 12.8. The molecule has 0 heterocycles. The van der Waals surface area contributed by atoms with Gasteiger partial charge in [-0.1, -0.05) is 51.9 Å². The van der Waals surface area contributed by atoms with E-state index in [0.29, 0.717) is 5.78 Å². The summed E-state index contributed by atoms with van der Waals surface area (Å²) in [6.45, 7) is 2.46. The van der Waals surface area contributed by atoms with E-state index in [2.05, 4.69) is 6.92 Å². The fourth-order valence-electron chi connectivity index (χ4n) is 4.00. The molecule has 0 N–H and O–H groups in total. The Morgan fingerprint density at radius 3 is 1.63 bits per heavy atom. The van der Waals surface area contributed by atoms with Gasteiger partial charge in [0.15, 0.2) is 0 Å². The predicted molar refractivity (Wildman–Crippen MR) is 81.2 cm³/mol. The summed E-state index contributed by atoms with van der Waals surface area (Å²) in [7, 11) is 0. The molecule has 0 saturated heterocycles. The Balaban J connectivity index is 1.68. The topological polar surface area (TPSA) is 17.1 Å². The molecule has 2 saturated carbocycles. The number of carbonyl (C=O) groups is 1. The van der Waals surface area contributed by atoms with E-state index in [1.807, 2.05) is 0 Å². The minimum absolute atomic E-state index is 0.517. The van der Waals surface area contributed by atoms with Gasteiger partial charge in [-0.25, -0.2) is 0 Å². The van der Waals surface area contributed by atoms with Gasteiger partial charge in [0.25, 0.3) is 0 Å². The molecule has 2 fully saturated rings. The summed E-state index contributed by atoms with van der Waals surface area (Å²) in [6, 6.07) is 0. The molecule has 0 aromatic rings. The van der Waals surface area contributed by atoms with Gasteiger partial charge in [0.05, 0.1) is 0 Å². The van der Waals surface area contributed by atoms with Crippen LogP contribution in [-0.4, -0.2) is 5.78 Å². The van der Waals surface area contributed by atoms with Crippen molar-refractivity contribution in [1.29, 1.82) is 0 Å². The number of Topliss-reactive ketones (excluding diaryl/α,β-unsaturated/α-hetero) is 1. The van der Waals surface area contributed by atoms with E-state index in [0.717, 1.165) is 43.4 Å². The highest BCUT2D eigenvalue weighted by atomic mass is 16.1. The van der Waals surface area contributed by atoms with E-state index in [1.165, 1.54) is 57.8 Å². The van der Waals surface area contributed by atoms with E-state index in [1.54, 1.807) is 0 Å². The molecule has 3 atom stereocenters. The second-order valence-corrected chi connectivity index (χ2v) is 6.98. The monoisotopic (exact) mass is 264 g/mol. The zero-order valence-corrected chi connectivity index (χ0v) is 12.8. The van der Waals surface area contributed by atoms with Crippen LogP contribution in [0, 0.1) is 17.8 Å². The summed E-state index contributed by atoms with van der Waals surface area (Å²) < 4.78 is 0. The van der Waals surface area contributed by atoms with Crippen molar-refractivity contribution in [2.75, 3.05) is 0 Å². The highest BCUT2D eigenvalue weighted by Crippen LogP contribution is 2.51. The lowest BCUT2D eigenvalue weighted by molar-refractivity contribution is -0.119. The van der Waals surface area contributed by atoms with Crippen molar-refractivity contribution < 1.29 is 4.79 Å². The molecular weight excluding hydrogens is 232 g/mol. The van der Waals surface area contributed by atoms with Crippen molar-refractivity contribution >= 4 is 5.78 Å². The molecule has 2 aliphatic rings. The molecule has 0 spiro atoms. The van der Waals surface area contributed by atoms with E-state index in [4.69, 9.17) is 0 Å². The molecule has 3 unspecified atom stereocenters. The number of carbonyl (C=O) groups excluding carboxylic acids is 1. The van der Waals surface area contributed by atoms with Gasteiger partial charge in [-0.3, -0.25) is 4.79 Å². The van der Waals surface area contributed by atoms with Crippen LogP contribution in [0.5, 0.6) is 0 Å². The first-order valence-corrected chi connectivity index (χ1v) is 8.81. The van der Waals surface area contributed by atoms with Crippen molar-refractivity contribution in [1.82, 2.24) is 0 Å². The van der Waals surface area contributed by atoms with E-state index in [-0.39, 0.29) is 0 Å². The first kappa shape index (κ1) is 15.1. The van der Waals surface area contributed by atoms with Crippen LogP contribution in [0.4, 0.5) is 0 Å². The summed E-state index contributed by atoms with van der Waals surface area (Å²) in [6.07, 6.45) is 16.4. The molecule has 0 aromatic heterocycles. The summed E-state index contributed by atoms with van der Waals surface area (Å²) in [4.78, 5) is 11.7. The molecule has 110 valence electrons. The molecule has 19 heavy (non-hydrogen) atoms. The van der Waals surface area contributed by atoms with Gasteiger partial charge in [0.2, 0.25) is 0 Å². The Kier molecular flexibility index (Phi) is 6.40. The van der Waals surface area contributed by atoms with Crippen molar-refractivity contribution in [3.05, 3.63) is 0 Å². The third kappa shape index (κ3) is 5.28. The predicted octanol–water partition coefficient (Wildman–Crippen LogP) is 5.52. The van der Waals surface area contributed by atoms with E-state index >= 15 is 0 Å². The van der Waals surface area contributed by atoms with Gasteiger partial charge in [-0.15, -0.1) is 0 Å². The lowest BCUT2D eigenvalue weighted by atomic mass is 10.0. The molecule has 2 rings (SSSR count). The smallest absolute Gasteiger partial charge is 0.132 e. The minimum Gasteiger partial charge on any atom is -0.300 e. The number of hydrogen-bond acceptors (Lipinski definition) is 1. The molecule has 1 nitrogen and oxygen atoms in total. The Morgan fingerprint density at radius 1 is 0.684 bits per heavy atom. The lowest BCUT2D eigenvalue weighted by Gasteiger charge is -2.05. The Bertz CT molecular complexity index is 271. The maximum absolute atomic E-state index is 11.7. The van der Waals surface area contributed by atoms with Gasteiger partial charge >= 0.3 is 0 Å².